The summed E-state index contributed by atoms with van der Waals surface area (Å²) in [6.07, 6.45) is 0. The van der Waals surface area contributed by atoms with E-state index in [1.54, 1.807) is 12.1 Å². The van der Waals surface area contributed by atoms with Crippen LogP contribution in [-0.2, 0) is 6.54 Å². The molecule has 0 saturated heterocycles. The summed E-state index contributed by atoms with van der Waals surface area (Å²) in [5.41, 5.74) is 4.01. The van der Waals surface area contributed by atoms with Crippen LogP contribution in [0.4, 0.5) is 17.1 Å². The molecule has 140 valence electrons. The predicted molar refractivity (Wildman–Crippen MR) is 118 cm³/mol. The highest BCUT2D eigenvalue weighted by molar-refractivity contribution is 7.80. The summed E-state index contributed by atoms with van der Waals surface area (Å²) in [6, 6.07) is 20.7. The number of anilines is 2. The number of nitro benzene ring substituents is 1. The number of hydrogen-bond acceptors (Lipinski definition) is 3. The molecule has 3 aromatic carbocycles. The van der Waals surface area contributed by atoms with Crippen LogP contribution < -0.4 is 10.6 Å². The average molecular weight is 390 g/mol. The Morgan fingerprint density at radius 1 is 0.964 bits per heavy atom. The Kier molecular flexibility index (Phi) is 4.67. The van der Waals surface area contributed by atoms with Gasteiger partial charge in [0, 0.05) is 51.9 Å². The summed E-state index contributed by atoms with van der Waals surface area (Å²) in [4.78, 5) is 10.3. The van der Waals surface area contributed by atoms with Crippen LogP contribution in [0.15, 0.2) is 66.7 Å². The maximum Gasteiger partial charge on any atom is 0.269 e. The van der Waals surface area contributed by atoms with E-state index in [4.69, 9.17) is 12.2 Å². The zero-order valence-electron chi connectivity index (χ0n) is 15.2. The third kappa shape index (κ3) is 3.27. The van der Waals surface area contributed by atoms with Crippen LogP contribution in [0.1, 0.15) is 6.92 Å². The van der Waals surface area contributed by atoms with Gasteiger partial charge in [0.15, 0.2) is 5.11 Å². The van der Waals surface area contributed by atoms with Crippen molar-refractivity contribution >= 4 is 56.2 Å². The molecule has 4 aromatic rings. The Bertz CT molecular complexity index is 1200. The van der Waals surface area contributed by atoms with Crippen molar-refractivity contribution in [2.24, 2.45) is 0 Å². The molecule has 0 aliphatic carbocycles. The Labute approximate surface area is 166 Å². The van der Waals surface area contributed by atoms with Crippen molar-refractivity contribution in [3.8, 4) is 0 Å². The Morgan fingerprint density at radius 2 is 1.61 bits per heavy atom. The maximum atomic E-state index is 10.7. The van der Waals surface area contributed by atoms with E-state index in [0.717, 1.165) is 12.2 Å². The van der Waals surface area contributed by atoms with E-state index in [-0.39, 0.29) is 5.69 Å². The number of non-ortho nitro benzene ring substituents is 1. The molecule has 4 rings (SSSR count). The van der Waals surface area contributed by atoms with E-state index in [1.807, 2.05) is 12.1 Å². The predicted octanol–water partition coefficient (Wildman–Crippen LogP) is 5.53. The Hall–Kier alpha value is -3.45. The van der Waals surface area contributed by atoms with E-state index in [0.29, 0.717) is 10.8 Å². The van der Waals surface area contributed by atoms with E-state index in [9.17, 15) is 10.1 Å². The Balaban J connectivity index is 1.58. The van der Waals surface area contributed by atoms with Crippen molar-refractivity contribution < 1.29 is 4.92 Å². The fourth-order valence-electron chi connectivity index (χ4n) is 3.43. The fraction of sp³-hybridized carbons (Fsp3) is 0.0952. The second-order valence-corrected chi connectivity index (χ2v) is 6.78. The molecule has 0 spiro atoms. The van der Waals surface area contributed by atoms with E-state index < -0.39 is 4.92 Å². The minimum Gasteiger partial charge on any atom is -0.341 e. The van der Waals surface area contributed by atoms with Crippen LogP contribution in [0.25, 0.3) is 21.8 Å². The lowest BCUT2D eigenvalue weighted by Gasteiger charge is -2.11. The molecule has 0 amide bonds. The first-order valence-electron chi connectivity index (χ1n) is 8.90. The molecule has 1 aromatic heterocycles. The quantitative estimate of drug-likeness (QED) is 0.272. The number of thiocarbonyl (C=S) groups is 1. The van der Waals surface area contributed by atoms with E-state index in [2.05, 4.69) is 52.5 Å². The zero-order chi connectivity index (χ0) is 19.7. The van der Waals surface area contributed by atoms with Crippen LogP contribution in [0.2, 0.25) is 0 Å². The highest BCUT2D eigenvalue weighted by Gasteiger charge is 2.10. The van der Waals surface area contributed by atoms with Gasteiger partial charge in [-0.2, -0.15) is 0 Å². The van der Waals surface area contributed by atoms with Crippen molar-refractivity contribution in [2.75, 3.05) is 10.6 Å². The second-order valence-electron chi connectivity index (χ2n) is 6.38. The molecule has 1 heterocycles. The smallest absolute Gasteiger partial charge is 0.269 e. The lowest BCUT2D eigenvalue weighted by molar-refractivity contribution is -0.384. The molecule has 0 unspecified atom stereocenters. The van der Waals surface area contributed by atoms with Gasteiger partial charge in [0.25, 0.3) is 5.69 Å². The van der Waals surface area contributed by atoms with Crippen molar-refractivity contribution in [2.45, 2.75) is 13.5 Å². The molecule has 0 fully saturated rings. The summed E-state index contributed by atoms with van der Waals surface area (Å²) in [5.74, 6) is 0. The first-order valence-corrected chi connectivity index (χ1v) is 9.31. The van der Waals surface area contributed by atoms with Crippen molar-refractivity contribution in [3.05, 3.63) is 76.8 Å². The van der Waals surface area contributed by atoms with E-state index in [1.165, 1.54) is 33.9 Å². The van der Waals surface area contributed by atoms with Gasteiger partial charge in [0.05, 0.1) is 4.92 Å². The molecular weight excluding hydrogens is 372 g/mol. The van der Waals surface area contributed by atoms with Crippen LogP contribution >= 0.6 is 12.2 Å². The summed E-state index contributed by atoms with van der Waals surface area (Å²) in [6.45, 7) is 3.04. The third-order valence-electron chi connectivity index (χ3n) is 4.68. The van der Waals surface area contributed by atoms with Gasteiger partial charge in [0.1, 0.15) is 0 Å². The molecule has 0 bridgehead atoms. The number of benzene rings is 3. The summed E-state index contributed by atoms with van der Waals surface area (Å²) >= 11 is 5.39. The van der Waals surface area contributed by atoms with Crippen molar-refractivity contribution in [1.82, 2.24) is 4.57 Å². The molecule has 6 nitrogen and oxygen atoms in total. The third-order valence-corrected chi connectivity index (χ3v) is 4.89. The molecule has 0 aliphatic rings. The zero-order valence-corrected chi connectivity index (χ0v) is 16.0. The number of nitro groups is 1. The maximum absolute atomic E-state index is 10.7. The number of hydrogen-bond donors (Lipinski definition) is 2. The highest BCUT2D eigenvalue weighted by atomic mass is 32.1. The second kappa shape index (κ2) is 7.28. The number of aromatic nitrogens is 1. The topological polar surface area (TPSA) is 72.1 Å². The van der Waals surface area contributed by atoms with Gasteiger partial charge in [0.2, 0.25) is 0 Å². The molecule has 7 heteroatoms. The highest BCUT2D eigenvalue weighted by Crippen LogP contribution is 2.31. The minimum atomic E-state index is -0.428. The molecule has 2 N–H and O–H groups in total. The lowest BCUT2D eigenvalue weighted by Crippen LogP contribution is -2.18. The number of para-hydroxylation sites is 1. The number of rotatable bonds is 4. The fourth-order valence-corrected chi connectivity index (χ4v) is 3.67. The SMILES string of the molecule is CCn1c2ccccc2c2cc(NC(=S)Nc3ccc([N+](=O)[O-])cc3)ccc21. The van der Waals surface area contributed by atoms with Crippen LogP contribution in [0.5, 0.6) is 0 Å². The minimum absolute atomic E-state index is 0.0437. The molecule has 0 radical (unpaired) electrons. The number of nitrogens with one attached hydrogen (secondary N) is 2. The monoisotopic (exact) mass is 390 g/mol. The van der Waals surface area contributed by atoms with Crippen LogP contribution in [0, 0.1) is 10.1 Å². The Morgan fingerprint density at radius 3 is 2.32 bits per heavy atom. The van der Waals surface area contributed by atoms with Gasteiger partial charge in [-0.15, -0.1) is 0 Å². The molecule has 0 aliphatic heterocycles. The summed E-state index contributed by atoms with van der Waals surface area (Å²) in [7, 11) is 0. The summed E-state index contributed by atoms with van der Waals surface area (Å²) < 4.78 is 2.29. The normalized spacial score (nSPS) is 10.9. The standard InChI is InChI=1S/C21H18N4O2S/c1-2-24-19-6-4-3-5-17(19)18-13-15(9-12-20(18)24)23-21(28)22-14-7-10-16(11-8-14)25(26)27/h3-13H,2H2,1H3,(H2,22,23,28). The molecule has 28 heavy (non-hydrogen) atoms. The van der Waals surface area contributed by atoms with Gasteiger partial charge >= 0.3 is 0 Å². The average Bonchev–Trinajstić information content (AvgIpc) is 3.01. The number of nitrogens with zero attached hydrogens (tertiary/aromatic N) is 2. The largest absolute Gasteiger partial charge is 0.341 e. The molecule has 0 saturated carbocycles. The molecule has 0 atom stereocenters. The van der Waals surface area contributed by atoms with Crippen LogP contribution in [0.3, 0.4) is 0 Å². The first kappa shape index (κ1) is 17.9. The summed E-state index contributed by atoms with van der Waals surface area (Å²) in [5, 5.41) is 19.8. The molecular formula is C21H18N4O2S. The van der Waals surface area contributed by atoms with Gasteiger partial charge in [-0.3, -0.25) is 10.1 Å². The lowest BCUT2D eigenvalue weighted by atomic mass is 10.1. The number of aryl methyl sites for hydroxylation is 1. The first-order chi connectivity index (χ1) is 13.6. The number of fused-ring (bicyclic) bond motifs is 3. The van der Waals surface area contributed by atoms with Gasteiger partial charge in [-0.25, -0.2) is 0 Å². The van der Waals surface area contributed by atoms with Crippen LogP contribution in [-0.4, -0.2) is 14.6 Å². The van der Waals surface area contributed by atoms with Crippen molar-refractivity contribution in [3.63, 3.8) is 0 Å². The van der Waals surface area contributed by atoms with E-state index >= 15 is 0 Å². The van der Waals surface area contributed by atoms with Gasteiger partial charge < -0.3 is 15.2 Å². The van der Waals surface area contributed by atoms with Gasteiger partial charge in [-0.05, 0) is 55.5 Å². The van der Waals surface area contributed by atoms with Gasteiger partial charge in [-0.1, -0.05) is 18.2 Å². The van der Waals surface area contributed by atoms with Crippen molar-refractivity contribution in [1.29, 1.82) is 0 Å².